The molecular weight excluding hydrogens is 398 g/mol. The molecule has 0 radical (unpaired) electrons. The topological polar surface area (TPSA) is 64.6 Å². The van der Waals surface area contributed by atoms with Crippen molar-refractivity contribution in [2.24, 2.45) is 0 Å². The van der Waals surface area contributed by atoms with Crippen molar-refractivity contribution >= 4 is 28.0 Å². The third kappa shape index (κ3) is 7.27. The van der Waals surface area contributed by atoms with Crippen molar-refractivity contribution in [2.45, 2.75) is 32.1 Å². The minimum atomic E-state index is -0.737. The molecule has 0 saturated heterocycles. The summed E-state index contributed by atoms with van der Waals surface area (Å²) >= 11 is 3.33. The number of rotatable bonds is 9. The molecule has 1 N–H and O–H groups in total. The zero-order valence-electron chi connectivity index (χ0n) is 14.4. The number of amides is 1. The highest BCUT2D eigenvalue weighted by atomic mass is 79.9. The van der Waals surface area contributed by atoms with E-state index in [9.17, 15) is 9.59 Å². The number of alkyl halides is 1. The summed E-state index contributed by atoms with van der Waals surface area (Å²) in [5.41, 5.74) is 1.78. The van der Waals surface area contributed by atoms with Crippen molar-refractivity contribution in [3.63, 3.8) is 0 Å². The van der Waals surface area contributed by atoms with Crippen LogP contribution in [0.25, 0.3) is 0 Å². The van der Waals surface area contributed by atoms with Crippen LogP contribution in [-0.4, -0.2) is 23.4 Å². The minimum absolute atomic E-state index is 0.150. The molecule has 2 rings (SSSR count). The van der Waals surface area contributed by atoms with Crippen LogP contribution in [0.1, 0.15) is 24.0 Å². The molecule has 0 aromatic heterocycles. The van der Waals surface area contributed by atoms with Gasteiger partial charge in [-0.3, -0.25) is 0 Å². The molecule has 5 nitrogen and oxygen atoms in total. The molecule has 26 heavy (non-hydrogen) atoms. The van der Waals surface area contributed by atoms with Crippen LogP contribution in [0.15, 0.2) is 60.7 Å². The summed E-state index contributed by atoms with van der Waals surface area (Å²) in [5, 5.41) is 3.33. The lowest BCUT2D eigenvalue weighted by Crippen LogP contribution is -2.42. The number of benzene rings is 2. The second-order valence-corrected chi connectivity index (χ2v) is 6.48. The van der Waals surface area contributed by atoms with E-state index >= 15 is 0 Å². The van der Waals surface area contributed by atoms with E-state index in [0.29, 0.717) is 6.42 Å². The van der Waals surface area contributed by atoms with E-state index in [1.807, 2.05) is 60.7 Å². The van der Waals surface area contributed by atoms with Gasteiger partial charge in [-0.2, -0.15) is 0 Å². The minimum Gasteiger partial charge on any atom is -0.459 e. The van der Waals surface area contributed by atoms with E-state index in [-0.39, 0.29) is 13.2 Å². The fourth-order valence-corrected chi connectivity index (χ4v) is 2.59. The smallest absolute Gasteiger partial charge is 0.408 e. The molecule has 6 heteroatoms. The molecule has 0 heterocycles. The zero-order valence-corrected chi connectivity index (χ0v) is 16.0. The van der Waals surface area contributed by atoms with Gasteiger partial charge < -0.3 is 14.8 Å². The molecule has 0 unspecified atom stereocenters. The Balaban J connectivity index is 1.84. The Hall–Kier alpha value is -2.34. The van der Waals surface area contributed by atoms with Gasteiger partial charge in [-0.1, -0.05) is 76.6 Å². The van der Waals surface area contributed by atoms with Crippen molar-refractivity contribution in [3.8, 4) is 0 Å². The van der Waals surface area contributed by atoms with Gasteiger partial charge in [0.15, 0.2) is 0 Å². The lowest BCUT2D eigenvalue weighted by atomic mass is 10.1. The molecule has 0 aliphatic heterocycles. The van der Waals surface area contributed by atoms with Crippen molar-refractivity contribution < 1.29 is 19.1 Å². The SMILES string of the molecule is O=C(N[C@H](CCCBr)C(=O)OCc1ccccc1)OCc1ccccc1. The summed E-state index contributed by atoms with van der Waals surface area (Å²) in [6.45, 7) is 0.322. The number of alkyl carbamates (subject to hydrolysis) is 1. The van der Waals surface area contributed by atoms with Gasteiger partial charge in [0, 0.05) is 5.33 Å². The number of hydrogen-bond donors (Lipinski definition) is 1. The Morgan fingerprint density at radius 2 is 1.42 bits per heavy atom. The van der Waals surface area contributed by atoms with Crippen LogP contribution >= 0.6 is 15.9 Å². The predicted octanol–water partition coefficient (Wildman–Crippen LogP) is 4.20. The summed E-state index contributed by atoms with van der Waals surface area (Å²) in [6, 6.07) is 18.0. The molecule has 0 spiro atoms. The Labute approximate surface area is 161 Å². The van der Waals surface area contributed by atoms with Crippen molar-refractivity contribution in [1.82, 2.24) is 5.32 Å². The maximum absolute atomic E-state index is 12.3. The lowest BCUT2D eigenvalue weighted by molar-refractivity contribution is -0.147. The van der Waals surface area contributed by atoms with E-state index in [2.05, 4.69) is 21.2 Å². The fourth-order valence-electron chi connectivity index (χ4n) is 2.27. The predicted molar refractivity (Wildman–Crippen MR) is 103 cm³/mol. The van der Waals surface area contributed by atoms with E-state index in [4.69, 9.17) is 9.47 Å². The first-order valence-electron chi connectivity index (χ1n) is 8.43. The van der Waals surface area contributed by atoms with Crippen molar-refractivity contribution in [3.05, 3.63) is 71.8 Å². The summed E-state index contributed by atoms with van der Waals surface area (Å²) in [5.74, 6) is -0.466. The van der Waals surface area contributed by atoms with Crippen LogP contribution < -0.4 is 5.32 Å². The third-order valence-corrected chi connectivity index (χ3v) is 4.20. The highest BCUT2D eigenvalue weighted by Crippen LogP contribution is 2.07. The number of carbonyl (C=O) groups is 2. The van der Waals surface area contributed by atoms with Gasteiger partial charge in [-0.15, -0.1) is 0 Å². The first-order chi connectivity index (χ1) is 12.7. The average Bonchev–Trinajstić information content (AvgIpc) is 2.69. The Morgan fingerprint density at radius 3 is 1.96 bits per heavy atom. The quantitative estimate of drug-likeness (QED) is 0.488. The molecule has 1 amide bonds. The molecular formula is C20H22BrNO4. The summed E-state index contributed by atoms with van der Waals surface area (Å²) in [6.07, 6.45) is 0.564. The molecule has 0 bridgehead atoms. The molecule has 2 aromatic rings. The highest BCUT2D eigenvalue weighted by Gasteiger charge is 2.22. The van der Waals surface area contributed by atoms with Gasteiger partial charge in [0.2, 0.25) is 0 Å². The number of esters is 1. The summed E-state index contributed by atoms with van der Waals surface area (Å²) in [7, 11) is 0. The van der Waals surface area contributed by atoms with Gasteiger partial charge >= 0.3 is 12.1 Å². The second kappa shape index (κ2) is 11.3. The van der Waals surface area contributed by atoms with Crippen LogP contribution in [0, 0.1) is 0 Å². The lowest BCUT2D eigenvalue weighted by Gasteiger charge is -2.17. The first-order valence-corrected chi connectivity index (χ1v) is 9.55. The van der Waals surface area contributed by atoms with E-state index in [1.165, 1.54) is 0 Å². The van der Waals surface area contributed by atoms with Gasteiger partial charge in [-0.05, 0) is 24.0 Å². The molecule has 138 valence electrons. The maximum atomic E-state index is 12.3. The van der Waals surface area contributed by atoms with Crippen LogP contribution in [-0.2, 0) is 27.5 Å². The Bertz CT molecular complexity index is 679. The number of hydrogen-bond acceptors (Lipinski definition) is 4. The van der Waals surface area contributed by atoms with E-state index in [0.717, 1.165) is 22.9 Å². The summed E-state index contributed by atoms with van der Waals surface area (Å²) in [4.78, 5) is 24.3. The van der Waals surface area contributed by atoms with Gasteiger partial charge in [0.1, 0.15) is 19.3 Å². The molecule has 0 saturated carbocycles. The maximum Gasteiger partial charge on any atom is 0.408 e. The van der Waals surface area contributed by atoms with E-state index < -0.39 is 18.1 Å². The van der Waals surface area contributed by atoms with Crippen LogP contribution in [0.2, 0.25) is 0 Å². The molecule has 2 aromatic carbocycles. The Kier molecular flexibility index (Phi) is 8.69. The van der Waals surface area contributed by atoms with Crippen molar-refractivity contribution in [2.75, 3.05) is 5.33 Å². The largest absolute Gasteiger partial charge is 0.459 e. The highest BCUT2D eigenvalue weighted by molar-refractivity contribution is 9.09. The monoisotopic (exact) mass is 419 g/mol. The molecule has 0 aliphatic rings. The number of nitrogens with one attached hydrogen (secondary N) is 1. The fraction of sp³-hybridized carbons (Fsp3) is 0.300. The Morgan fingerprint density at radius 1 is 0.885 bits per heavy atom. The van der Waals surface area contributed by atoms with Gasteiger partial charge in [0.25, 0.3) is 0 Å². The number of carbonyl (C=O) groups excluding carboxylic acids is 2. The van der Waals surface area contributed by atoms with Crippen LogP contribution in [0.5, 0.6) is 0 Å². The normalized spacial score (nSPS) is 11.4. The van der Waals surface area contributed by atoms with Crippen molar-refractivity contribution in [1.29, 1.82) is 0 Å². The average molecular weight is 420 g/mol. The molecule has 0 fully saturated rings. The molecule has 0 aliphatic carbocycles. The third-order valence-electron chi connectivity index (χ3n) is 3.64. The number of ether oxygens (including phenoxy) is 2. The second-order valence-electron chi connectivity index (χ2n) is 5.68. The molecule has 1 atom stereocenters. The first kappa shape index (κ1) is 20.0. The van der Waals surface area contributed by atoms with E-state index in [1.54, 1.807) is 0 Å². The van der Waals surface area contributed by atoms with Crippen LogP contribution in [0.3, 0.4) is 0 Å². The number of halogens is 1. The summed E-state index contributed by atoms with van der Waals surface area (Å²) < 4.78 is 10.5. The van der Waals surface area contributed by atoms with Gasteiger partial charge in [-0.25, -0.2) is 9.59 Å². The van der Waals surface area contributed by atoms with Crippen LogP contribution in [0.4, 0.5) is 4.79 Å². The standard InChI is InChI=1S/C20H22BrNO4/c21-13-7-12-18(19(23)25-14-16-8-3-1-4-9-16)22-20(24)26-15-17-10-5-2-6-11-17/h1-6,8-11,18H,7,12-15H2,(H,22,24)/t18-/m1/s1. The zero-order chi connectivity index (χ0) is 18.6. The van der Waals surface area contributed by atoms with Gasteiger partial charge in [0.05, 0.1) is 0 Å².